The van der Waals surface area contributed by atoms with E-state index in [-0.39, 0.29) is 18.4 Å². The van der Waals surface area contributed by atoms with Gasteiger partial charge in [-0.05, 0) is 43.9 Å². The van der Waals surface area contributed by atoms with E-state index >= 15 is 0 Å². The van der Waals surface area contributed by atoms with Gasteiger partial charge in [0.15, 0.2) is 0 Å². The SMILES string of the molecule is CCCC(CNC(=O)C(C1CC1)C1CC1)C(=O)O. The highest BCUT2D eigenvalue weighted by Gasteiger charge is 2.45. The van der Waals surface area contributed by atoms with Crippen molar-refractivity contribution in [3.05, 3.63) is 0 Å². The Balaban J connectivity index is 1.80. The third kappa shape index (κ3) is 3.47. The van der Waals surface area contributed by atoms with Crippen molar-refractivity contribution in [1.29, 1.82) is 0 Å². The van der Waals surface area contributed by atoms with Gasteiger partial charge in [0.2, 0.25) is 5.91 Å². The maximum atomic E-state index is 12.1. The van der Waals surface area contributed by atoms with Crippen LogP contribution in [-0.2, 0) is 9.59 Å². The molecule has 0 heterocycles. The van der Waals surface area contributed by atoms with Crippen LogP contribution in [0.15, 0.2) is 0 Å². The van der Waals surface area contributed by atoms with Gasteiger partial charge in [-0.15, -0.1) is 0 Å². The van der Waals surface area contributed by atoms with Crippen LogP contribution < -0.4 is 5.32 Å². The Bertz CT molecular complexity index is 309. The van der Waals surface area contributed by atoms with Crippen molar-refractivity contribution >= 4 is 11.9 Å². The lowest BCUT2D eigenvalue weighted by atomic mass is 9.96. The van der Waals surface area contributed by atoms with Gasteiger partial charge in [-0.25, -0.2) is 0 Å². The molecule has 1 amide bonds. The molecule has 0 bridgehead atoms. The fraction of sp³-hybridized carbons (Fsp3) is 0.857. The number of aliphatic carboxylic acids is 1. The summed E-state index contributed by atoms with van der Waals surface area (Å²) in [6.07, 6.45) is 6.16. The molecule has 2 aliphatic carbocycles. The Labute approximate surface area is 108 Å². The lowest BCUT2D eigenvalue weighted by Gasteiger charge is -2.18. The number of carbonyl (C=O) groups excluding carboxylic acids is 1. The summed E-state index contributed by atoms with van der Waals surface area (Å²) in [6, 6.07) is 0. The van der Waals surface area contributed by atoms with E-state index in [1.807, 2.05) is 6.92 Å². The number of nitrogens with one attached hydrogen (secondary N) is 1. The molecule has 0 aromatic carbocycles. The lowest BCUT2D eigenvalue weighted by molar-refractivity contribution is -0.142. The summed E-state index contributed by atoms with van der Waals surface area (Å²) in [6.45, 7) is 2.26. The van der Waals surface area contributed by atoms with Crippen molar-refractivity contribution in [2.45, 2.75) is 45.4 Å². The van der Waals surface area contributed by atoms with Crippen molar-refractivity contribution < 1.29 is 14.7 Å². The van der Waals surface area contributed by atoms with E-state index in [2.05, 4.69) is 5.32 Å². The maximum absolute atomic E-state index is 12.1. The molecule has 2 N–H and O–H groups in total. The molecule has 0 radical (unpaired) electrons. The number of hydrogen-bond acceptors (Lipinski definition) is 2. The van der Waals surface area contributed by atoms with E-state index < -0.39 is 11.9 Å². The number of carboxylic acid groups (broad SMARTS) is 1. The largest absolute Gasteiger partial charge is 0.481 e. The quantitative estimate of drug-likeness (QED) is 0.695. The molecule has 0 aliphatic heterocycles. The zero-order valence-corrected chi connectivity index (χ0v) is 11.0. The maximum Gasteiger partial charge on any atom is 0.308 e. The van der Waals surface area contributed by atoms with E-state index in [1.54, 1.807) is 0 Å². The minimum atomic E-state index is -0.799. The average Bonchev–Trinajstić information content (AvgIpc) is 3.17. The van der Waals surface area contributed by atoms with Crippen LogP contribution in [0.5, 0.6) is 0 Å². The predicted octanol–water partition coefficient (Wildman–Crippen LogP) is 2.04. The molecule has 102 valence electrons. The topological polar surface area (TPSA) is 66.4 Å². The Morgan fingerprint density at radius 2 is 1.78 bits per heavy atom. The van der Waals surface area contributed by atoms with Crippen LogP contribution >= 0.6 is 0 Å². The molecule has 0 saturated heterocycles. The molecule has 0 spiro atoms. The van der Waals surface area contributed by atoms with Gasteiger partial charge in [-0.1, -0.05) is 13.3 Å². The van der Waals surface area contributed by atoms with Crippen LogP contribution in [-0.4, -0.2) is 23.5 Å². The van der Waals surface area contributed by atoms with Gasteiger partial charge in [-0.3, -0.25) is 9.59 Å². The lowest BCUT2D eigenvalue weighted by Crippen LogP contribution is -2.38. The van der Waals surface area contributed by atoms with Crippen LogP contribution in [0.25, 0.3) is 0 Å². The van der Waals surface area contributed by atoms with E-state index in [9.17, 15) is 9.59 Å². The monoisotopic (exact) mass is 253 g/mol. The molecule has 2 fully saturated rings. The second kappa shape index (κ2) is 5.72. The van der Waals surface area contributed by atoms with Gasteiger partial charge in [0.1, 0.15) is 0 Å². The molecule has 18 heavy (non-hydrogen) atoms. The molecule has 1 unspecified atom stereocenters. The predicted molar refractivity (Wildman–Crippen MR) is 68.0 cm³/mol. The summed E-state index contributed by atoms with van der Waals surface area (Å²) < 4.78 is 0. The van der Waals surface area contributed by atoms with Crippen molar-refractivity contribution in [2.75, 3.05) is 6.54 Å². The number of rotatable bonds is 8. The Morgan fingerprint density at radius 3 is 2.17 bits per heavy atom. The molecular weight excluding hydrogens is 230 g/mol. The summed E-state index contributed by atoms with van der Waals surface area (Å²) in [4.78, 5) is 23.1. The minimum Gasteiger partial charge on any atom is -0.481 e. The first-order chi connectivity index (χ1) is 8.63. The molecule has 2 saturated carbocycles. The third-order valence-electron chi connectivity index (χ3n) is 4.07. The molecule has 0 aromatic rings. The fourth-order valence-corrected chi connectivity index (χ4v) is 2.73. The second-order valence-corrected chi connectivity index (χ2v) is 5.77. The van der Waals surface area contributed by atoms with E-state index in [0.29, 0.717) is 18.3 Å². The van der Waals surface area contributed by atoms with Gasteiger partial charge in [0.05, 0.1) is 5.92 Å². The zero-order valence-electron chi connectivity index (χ0n) is 11.0. The molecule has 1 atom stereocenters. The van der Waals surface area contributed by atoms with Crippen LogP contribution in [0.2, 0.25) is 0 Å². The van der Waals surface area contributed by atoms with Crippen molar-refractivity contribution in [2.24, 2.45) is 23.7 Å². The fourth-order valence-electron chi connectivity index (χ4n) is 2.73. The highest BCUT2D eigenvalue weighted by molar-refractivity contribution is 5.80. The standard InChI is InChI=1S/C14H23NO3/c1-2-3-11(14(17)18)8-15-13(16)12(9-4-5-9)10-6-7-10/h9-12H,2-8H2,1H3,(H,15,16)(H,17,18). The van der Waals surface area contributed by atoms with E-state index in [1.165, 1.54) is 25.7 Å². The van der Waals surface area contributed by atoms with E-state index in [4.69, 9.17) is 5.11 Å². The summed E-state index contributed by atoms with van der Waals surface area (Å²) >= 11 is 0. The minimum absolute atomic E-state index is 0.0994. The number of carboxylic acids is 1. The molecule has 4 nitrogen and oxygen atoms in total. The van der Waals surface area contributed by atoms with Crippen LogP contribution in [0.1, 0.15) is 45.4 Å². The van der Waals surface area contributed by atoms with E-state index in [0.717, 1.165) is 6.42 Å². The average molecular weight is 253 g/mol. The summed E-state index contributed by atoms with van der Waals surface area (Å²) in [7, 11) is 0. The summed E-state index contributed by atoms with van der Waals surface area (Å²) in [5.74, 6) is 0.187. The molecule has 0 aromatic heterocycles. The number of amides is 1. The van der Waals surface area contributed by atoms with Gasteiger partial charge < -0.3 is 10.4 Å². The first-order valence-corrected chi connectivity index (χ1v) is 7.14. The van der Waals surface area contributed by atoms with Gasteiger partial charge in [0.25, 0.3) is 0 Å². The smallest absolute Gasteiger partial charge is 0.308 e. The second-order valence-electron chi connectivity index (χ2n) is 5.77. The highest BCUT2D eigenvalue weighted by Crippen LogP contribution is 2.49. The Kier molecular flexibility index (Phi) is 4.25. The van der Waals surface area contributed by atoms with Gasteiger partial charge in [-0.2, -0.15) is 0 Å². The highest BCUT2D eigenvalue weighted by atomic mass is 16.4. The van der Waals surface area contributed by atoms with Gasteiger partial charge in [0, 0.05) is 12.5 Å². The Morgan fingerprint density at radius 1 is 1.22 bits per heavy atom. The third-order valence-corrected chi connectivity index (χ3v) is 4.07. The molecule has 2 aliphatic rings. The van der Waals surface area contributed by atoms with Crippen LogP contribution in [0.4, 0.5) is 0 Å². The zero-order chi connectivity index (χ0) is 13.1. The molecule has 2 rings (SSSR count). The van der Waals surface area contributed by atoms with Crippen LogP contribution in [0.3, 0.4) is 0 Å². The molecule has 4 heteroatoms. The van der Waals surface area contributed by atoms with Crippen LogP contribution in [0, 0.1) is 23.7 Å². The Hall–Kier alpha value is -1.06. The first-order valence-electron chi connectivity index (χ1n) is 7.14. The first kappa shape index (κ1) is 13.4. The normalized spacial score (nSPS) is 20.8. The number of carbonyl (C=O) groups is 2. The van der Waals surface area contributed by atoms with Gasteiger partial charge >= 0.3 is 5.97 Å². The molecular formula is C14H23NO3. The van der Waals surface area contributed by atoms with Crippen molar-refractivity contribution in [1.82, 2.24) is 5.32 Å². The number of hydrogen-bond donors (Lipinski definition) is 2. The van der Waals surface area contributed by atoms with Crippen molar-refractivity contribution in [3.63, 3.8) is 0 Å². The summed E-state index contributed by atoms with van der Waals surface area (Å²) in [5, 5.41) is 11.9. The summed E-state index contributed by atoms with van der Waals surface area (Å²) in [5.41, 5.74) is 0. The van der Waals surface area contributed by atoms with Crippen molar-refractivity contribution in [3.8, 4) is 0 Å².